The zero-order valence-corrected chi connectivity index (χ0v) is 9.99. The predicted octanol–water partition coefficient (Wildman–Crippen LogP) is 3.36. The first-order valence-corrected chi connectivity index (χ1v) is 6.20. The van der Waals surface area contributed by atoms with Crippen LogP contribution in [-0.2, 0) is 11.3 Å². The van der Waals surface area contributed by atoms with Crippen LogP contribution in [0.1, 0.15) is 38.2 Å². The minimum absolute atomic E-state index is 0.449. The van der Waals surface area contributed by atoms with Crippen molar-refractivity contribution in [2.45, 2.75) is 45.3 Å². The molecule has 1 aromatic rings. The summed E-state index contributed by atoms with van der Waals surface area (Å²) in [6.07, 6.45) is 5.54. The van der Waals surface area contributed by atoms with E-state index in [9.17, 15) is 0 Å². The van der Waals surface area contributed by atoms with Crippen molar-refractivity contribution in [2.75, 3.05) is 5.73 Å². The van der Waals surface area contributed by atoms with E-state index in [1.165, 1.54) is 31.2 Å². The highest BCUT2D eigenvalue weighted by Gasteiger charge is 2.19. The molecule has 0 heterocycles. The molecule has 88 valence electrons. The molecule has 0 aromatic heterocycles. The summed E-state index contributed by atoms with van der Waals surface area (Å²) in [6.45, 7) is 3.01. The van der Waals surface area contributed by atoms with E-state index >= 15 is 0 Å². The molecule has 2 atom stereocenters. The van der Waals surface area contributed by atoms with Crippen molar-refractivity contribution in [3.05, 3.63) is 29.8 Å². The van der Waals surface area contributed by atoms with Crippen LogP contribution in [0.2, 0.25) is 0 Å². The molecule has 0 aliphatic heterocycles. The monoisotopic (exact) mass is 219 g/mol. The van der Waals surface area contributed by atoms with Crippen LogP contribution in [0.5, 0.6) is 0 Å². The third-order valence-electron chi connectivity index (χ3n) is 3.33. The fraction of sp³-hybridized carbons (Fsp3) is 0.571. The summed E-state index contributed by atoms with van der Waals surface area (Å²) in [5.41, 5.74) is 7.73. The van der Waals surface area contributed by atoms with E-state index in [0.717, 1.165) is 11.6 Å². The van der Waals surface area contributed by atoms with Gasteiger partial charge in [0.05, 0.1) is 12.7 Å². The SMILES string of the molecule is CC1CCCC(OCc2cccc(N)c2)C1. The highest BCUT2D eigenvalue weighted by atomic mass is 16.5. The summed E-state index contributed by atoms with van der Waals surface area (Å²) >= 11 is 0. The van der Waals surface area contributed by atoms with Gasteiger partial charge in [-0.1, -0.05) is 31.9 Å². The number of benzene rings is 1. The zero-order valence-electron chi connectivity index (χ0n) is 9.99. The van der Waals surface area contributed by atoms with Gasteiger partial charge < -0.3 is 10.5 Å². The Balaban J connectivity index is 1.82. The number of ether oxygens (including phenoxy) is 1. The van der Waals surface area contributed by atoms with E-state index in [-0.39, 0.29) is 0 Å². The lowest BCUT2D eigenvalue weighted by molar-refractivity contribution is 0.00469. The molecule has 1 aliphatic rings. The van der Waals surface area contributed by atoms with Crippen molar-refractivity contribution in [3.63, 3.8) is 0 Å². The molecule has 2 N–H and O–H groups in total. The van der Waals surface area contributed by atoms with Gasteiger partial charge in [-0.2, -0.15) is 0 Å². The molecule has 2 rings (SSSR count). The van der Waals surface area contributed by atoms with E-state index < -0.39 is 0 Å². The first-order chi connectivity index (χ1) is 7.74. The number of anilines is 1. The second-order valence-electron chi connectivity index (χ2n) is 4.95. The molecule has 2 unspecified atom stereocenters. The summed E-state index contributed by atoms with van der Waals surface area (Å²) < 4.78 is 5.94. The fourth-order valence-corrected chi connectivity index (χ4v) is 2.43. The van der Waals surface area contributed by atoms with E-state index in [4.69, 9.17) is 10.5 Å². The van der Waals surface area contributed by atoms with E-state index in [1.54, 1.807) is 0 Å². The lowest BCUT2D eigenvalue weighted by Crippen LogP contribution is -2.21. The van der Waals surface area contributed by atoms with Crippen LogP contribution in [0.25, 0.3) is 0 Å². The first kappa shape index (κ1) is 11.5. The van der Waals surface area contributed by atoms with Crippen LogP contribution < -0.4 is 5.73 Å². The molecule has 0 spiro atoms. The van der Waals surface area contributed by atoms with Crippen LogP contribution in [-0.4, -0.2) is 6.10 Å². The van der Waals surface area contributed by atoms with Gasteiger partial charge in [0.2, 0.25) is 0 Å². The molecule has 1 aromatic carbocycles. The van der Waals surface area contributed by atoms with Crippen LogP contribution in [0.15, 0.2) is 24.3 Å². The van der Waals surface area contributed by atoms with Crippen LogP contribution >= 0.6 is 0 Å². The number of nitrogen functional groups attached to an aromatic ring is 1. The fourth-order valence-electron chi connectivity index (χ4n) is 2.43. The molecule has 16 heavy (non-hydrogen) atoms. The standard InChI is InChI=1S/C14H21NO/c1-11-4-2-7-14(8-11)16-10-12-5-3-6-13(15)9-12/h3,5-6,9,11,14H,2,4,7-8,10,15H2,1H3. The molecule has 2 heteroatoms. The largest absolute Gasteiger partial charge is 0.399 e. The van der Waals surface area contributed by atoms with Gasteiger partial charge in [-0.3, -0.25) is 0 Å². The van der Waals surface area contributed by atoms with Gasteiger partial charge in [0, 0.05) is 5.69 Å². The lowest BCUT2D eigenvalue weighted by Gasteiger charge is -2.26. The Morgan fingerprint density at radius 2 is 2.25 bits per heavy atom. The Hall–Kier alpha value is -1.02. The Morgan fingerprint density at radius 1 is 1.38 bits per heavy atom. The van der Waals surface area contributed by atoms with E-state index in [1.807, 2.05) is 18.2 Å². The highest BCUT2D eigenvalue weighted by molar-refractivity contribution is 5.40. The Kier molecular flexibility index (Phi) is 3.83. The van der Waals surface area contributed by atoms with Gasteiger partial charge in [0.15, 0.2) is 0 Å². The topological polar surface area (TPSA) is 35.2 Å². The van der Waals surface area contributed by atoms with Gasteiger partial charge in [-0.25, -0.2) is 0 Å². The smallest absolute Gasteiger partial charge is 0.0721 e. The molecule has 1 fully saturated rings. The van der Waals surface area contributed by atoms with Gasteiger partial charge in [-0.15, -0.1) is 0 Å². The van der Waals surface area contributed by atoms with E-state index in [0.29, 0.717) is 12.7 Å². The average molecular weight is 219 g/mol. The Morgan fingerprint density at radius 3 is 3.00 bits per heavy atom. The molecule has 1 aliphatic carbocycles. The quantitative estimate of drug-likeness (QED) is 0.791. The summed E-state index contributed by atoms with van der Waals surface area (Å²) in [7, 11) is 0. The molecule has 0 bridgehead atoms. The minimum atomic E-state index is 0.449. The molecule has 0 radical (unpaired) electrons. The van der Waals surface area contributed by atoms with Gasteiger partial charge in [0.1, 0.15) is 0 Å². The van der Waals surface area contributed by atoms with Crippen LogP contribution in [0.4, 0.5) is 5.69 Å². The number of nitrogens with two attached hydrogens (primary N) is 1. The summed E-state index contributed by atoms with van der Waals surface area (Å²) in [6, 6.07) is 7.96. The predicted molar refractivity (Wildman–Crippen MR) is 67.1 cm³/mol. The molecule has 0 saturated heterocycles. The second kappa shape index (κ2) is 5.35. The minimum Gasteiger partial charge on any atom is -0.399 e. The number of hydrogen-bond acceptors (Lipinski definition) is 2. The normalized spacial score (nSPS) is 25.6. The summed E-state index contributed by atoms with van der Waals surface area (Å²) in [5.74, 6) is 0.819. The van der Waals surface area contributed by atoms with Gasteiger partial charge in [-0.05, 0) is 36.5 Å². The van der Waals surface area contributed by atoms with Crippen molar-refractivity contribution in [3.8, 4) is 0 Å². The number of hydrogen-bond donors (Lipinski definition) is 1. The Labute approximate surface area is 97.8 Å². The van der Waals surface area contributed by atoms with Crippen molar-refractivity contribution in [1.29, 1.82) is 0 Å². The zero-order chi connectivity index (χ0) is 11.4. The third-order valence-corrected chi connectivity index (χ3v) is 3.33. The van der Waals surface area contributed by atoms with Crippen LogP contribution in [0, 0.1) is 5.92 Å². The van der Waals surface area contributed by atoms with Crippen molar-refractivity contribution in [1.82, 2.24) is 0 Å². The summed E-state index contributed by atoms with van der Waals surface area (Å²) in [4.78, 5) is 0. The molecule has 1 saturated carbocycles. The first-order valence-electron chi connectivity index (χ1n) is 6.20. The molecular weight excluding hydrogens is 198 g/mol. The molecular formula is C14H21NO. The maximum absolute atomic E-state index is 5.94. The average Bonchev–Trinajstić information content (AvgIpc) is 2.27. The van der Waals surface area contributed by atoms with Crippen LogP contribution in [0.3, 0.4) is 0 Å². The Bertz CT molecular complexity index is 337. The van der Waals surface area contributed by atoms with Crippen molar-refractivity contribution >= 4 is 5.69 Å². The number of rotatable bonds is 3. The van der Waals surface area contributed by atoms with Crippen molar-refractivity contribution < 1.29 is 4.74 Å². The maximum atomic E-state index is 5.94. The third kappa shape index (κ3) is 3.24. The molecule has 2 nitrogen and oxygen atoms in total. The van der Waals surface area contributed by atoms with Crippen molar-refractivity contribution in [2.24, 2.45) is 5.92 Å². The van der Waals surface area contributed by atoms with Gasteiger partial charge in [0.25, 0.3) is 0 Å². The maximum Gasteiger partial charge on any atom is 0.0721 e. The highest BCUT2D eigenvalue weighted by Crippen LogP contribution is 2.26. The lowest BCUT2D eigenvalue weighted by atomic mass is 9.89. The van der Waals surface area contributed by atoms with Gasteiger partial charge >= 0.3 is 0 Å². The second-order valence-corrected chi connectivity index (χ2v) is 4.95. The summed E-state index contributed by atoms with van der Waals surface area (Å²) in [5, 5.41) is 0. The molecule has 0 amide bonds. The van der Waals surface area contributed by atoms with E-state index in [2.05, 4.69) is 13.0 Å².